The Bertz CT molecular complexity index is 1240. The van der Waals surface area contributed by atoms with Crippen molar-refractivity contribution in [2.24, 2.45) is 5.92 Å². The number of nitrogen functional groups attached to an aromatic ring is 1. The van der Waals surface area contributed by atoms with E-state index in [1.54, 1.807) is 0 Å². The van der Waals surface area contributed by atoms with Crippen LogP contribution < -0.4 is 15.8 Å². The van der Waals surface area contributed by atoms with Gasteiger partial charge in [-0.05, 0) is 69.2 Å². The minimum atomic E-state index is -0.410. The van der Waals surface area contributed by atoms with E-state index in [1.165, 1.54) is 6.42 Å². The van der Waals surface area contributed by atoms with Gasteiger partial charge < -0.3 is 29.2 Å². The van der Waals surface area contributed by atoms with E-state index < -0.39 is 6.09 Å². The maximum Gasteiger partial charge on any atom is 0.411 e. The Balaban J connectivity index is 1.25. The smallest absolute Gasteiger partial charge is 0.411 e. The van der Waals surface area contributed by atoms with Gasteiger partial charge in [0.1, 0.15) is 31.4 Å². The first-order valence-corrected chi connectivity index (χ1v) is 12.9. The van der Waals surface area contributed by atoms with Crippen LogP contribution in [-0.4, -0.2) is 42.9 Å². The summed E-state index contributed by atoms with van der Waals surface area (Å²) < 4.78 is 24.6. The molecule has 3 aliphatic rings. The first-order valence-electron chi connectivity index (χ1n) is 12.9. The number of nitrogens with zero attached hydrogens (tertiary/aromatic N) is 1. The molecule has 1 aliphatic heterocycles. The molecule has 1 aromatic heterocycles. The fraction of sp³-hybridized carbons (Fsp3) is 0.464. The van der Waals surface area contributed by atoms with Crippen molar-refractivity contribution in [2.45, 2.75) is 57.3 Å². The van der Waals surface area contributed by atoms with Gasteiger partial charge in [0.2, 0.25) is 0 Å². The molecular weight excluding hydrogens is 458 g/mol. The summed E-state index contributed by atoms with van der Waals surface area (Å²) in [7, 11) is 0. The monoisotopic (exact) mass is 491 g/mol. The molecular formula is C28H33N3O5. The molecule has 1 unspecified atom stereocenters. The number of nitrogens with one attached hydrogen (secondary N) is 1. The highest BCUT2D eigenvalue weighted by atomic mass is 16.7. The van der Waals surface area contributed by atoms with Crippen molar-refractivity contribution in [1.29, 1.82) is 0 Å². The molecule has 8 nitrogen and oxygen atoms in total. The number of benzene rings is 2. The minimum Gasteiger partial charge on any atom is -0.491 e. The number of hydrogen-bond acceptors (Lipinski definition) is 6. The number of ether oxygens (including phenoxy) is 4. The average molecular weight is 492 g/mol. The predicted molar refractivity (Wildman–Crippen MR) is 138 cm³/mol. The largest absolute Gasteiger partial charge is 0.491 e. The van der Waals surface area contributed by atoms with Crippen LogP contribution in [0, 0.1) is 5.92 Å². The lowest BCUT2D eigenvalue weighted by Gasteiger charge is -2.30. The zero-order valence-corrected chi connectivity index (χ0v) is 20.6. The van der Waals surface area contributed by atoms with Crippen LogP contribution in [-0.2, 0) is 14.2 Å². The Kier molecular flexibility index (Phi) is 6.23. The Morgan fingerprint density at radius 3 is 2.64 bits per heavy atom. The van der Waals surface area contributed by atoms with Gasteiger partial charge in [0, 0.05) is 28.7 Å². The van der Waals surface area contributed by atoms with Crippen LogP contribution >= 0.6 is 0 Å². The number of carbonyl (C=O) groups excluding carboxylic acids is 1. The molecule has 0 bridgehead atoms. The van der Waals surface area contributed by atoms with Crippen LogP contribution in [0.25, 0.3) is 22.2 Å². The molecule has 6 rings (SSSR count). The zero-order chi connectivity index (χ0) is 24.6. The second-order valence-electron chi connectivity index (χ2n) is 10.1. The number of rotatable bonds is 8. The van der Waals surface area contributed by atoms with Gasteiger partial charge in [-0.3, -0.25) is 5.32 Å². The highest BCUT2D eigenvalue weighted by Gasteiger charge is 2.31. The van der Waals surface area contributed by atoms with Gasteiger partial charge in [-0.15, -0.1) is 0 Å². The molecule has 2 saturated carbocycles. The normalized spacial score (nSPS) is 20.8. The van der Waals surface area contributed by atoms with E-state index in [0.717, 1.165) is 59.3 Å². The van der Waals surface area contributed by atoms with Crippen LogP contribution in [0.15, 0.2) is 42.5 Å². The lowest BCUT2D eigenvalue weighted by atomic mass is 9.92. The van der Waals surface area contributed by atoms with E-state index >= 15 is 0 Å². The number of amides is 1. The molecule has 2 heterocycles. The third-order valence-electron chi connectivity index (χ3n) is 7.57. The minimum absolute atomic E-state index is 0.0407. The quantitative estimate of drug-likeness (QED) is 0.419. The second-order valence-corrected chi connectivity index (χ2v) is 10.1. The molecule has 0 spiro atoms. The highest BCUT2D eigenvalue weighted by Crippen LogP contribution is 2.45. The Hall–Kier alpha value is -3.23. The highest BCUT2D eigenvalue weighted by molar-refractivity contribution is 6.01. The summed E-state index contributed by atoms with van der Waals surface area (Å²) in [6.07, 6.45) is 5.24. The van der Waals surface area contributed by atoms with Gasteiger partial charge in [-0.25, -0.2) is 4.79 Å². The van der Waals surface area contributed by atoms with E-state index in [9.17, 15) is 4.79 Å². The molecule has 2 aliphatic carbocycles. The van der Waals surface area contributed by atoms with Gasteiger partial charge >= 0.3 is 6.09 Å². The molecule has 3 fully saturated rings. The van der Waals surface area contributed by atoms with E-state index in [1.807, 2.05) is 43.3 Å². The molecule has 8 heteroatoms. The van der Waals surface area contributed by atoms with Gasteiger partial charge in [-0.1, -0.05) is 12.1 Å². The molecule has 2 aromatic carbocycles. The van der Waals surface area contributed by atoms with Crippen molar-refractivity contribution in [1.82, 2.24) is 4.57 Å². The van der Waals surface area contributed by atoms with Crippen molar-refractivity contribution >= 4 is 28.4 Å². The second kappa shape index (κ2) is 9.67. The van der Waals surface area contributed by atoms with Crippen LogP contribution in [0.1, 0.15) is 45.1 Å². The summed E-state index contributed by atoms with van der Waals surface area (Å²) in [6.45, 7) is 3.29. The number of anilines is 2. The van der Waals surface area contributed by atoms with Crippen molar-refractivity contribution in [3.63, 3.8) is 0 Å². The Labute approximate surface area is 210 Å². The number of hydrogen-bond donors (Lipinski definition) is 2. The number of carbonyl (C=O) groups is 1. The lowest BCUT2D eigenvalue weighted by molar-refractivity contribution is 0.0320. The maximum atomic E-state index is 12.3. The summed E-state index contributed by atoms with van der Waals surface area (Å²) in [5.74, 6) is 1.30. The Morgan fingerprint density at radius 1 is 1.17 bits per heavy atom. The summed E-state index contributed by atoms with van der Waals surface area (Å²) >= 11 is 0. The van der Waals surface area contributed by atoms with Crippen molar-refractivity contribution in [2.75, 3.05) is 31.1 Å². The molecule has 190 valence electrons. The topological polar surface area (TPSA) is 97.0 Å². The standard InChI is InChI=1S/C28H33N3O5/c1-17(18-5-6-18)36-28(32)30-20-9-7-19(8-10-20)27-26(29)24-12-11-22(34-15-23-14-33-16-35-23)13-25(24)31(27)21-3-2-4-21/h7-13,17-18,21,23H,2-6,14-16,29H2,1H3,(H,30,32)/t17-,23?/m1/s1. The van der Waals surface area contributed by atoms with E-state index in [4.69, 9.17) is 24.7 Å². The summed E-state index contributed by atoms with van der Waals surface area (Å²) in [5.41, 5.74) is 11.3. The summed E-state index contributed by atoms with van der Waals surface area (Å²) in [4.78, 5) is 12.3. The first kappa shape index (κ1) is 23.2. The molecule has 1 saturated heterocycles. The molecule has 1 amide bonds. The van der Waals surface area contributed by atoms with E-state index in [-0.39, 0.29) is 12.2 Å². The number of nitrogens with two attached hydrogens (primary N) is 1. The van der Waals surface area contributed by atoms with Crippen molar-refractivity contribution < 1.29 is 23.7 Å². The predicted octanol–water partition coefficient (Wildman–Crippen LogP) is 5.71. The van der Waals surface area contributed by atoms with Crippen molar-refractivity contribution in [3.8, 4) is 17.0 Å². The third-order valence-corrected chi connectivity index (χ3v) is 7.57. The van der Waals surface area contributed by atoms with Gasteiger partial charge in [-0.2, -0.15) is 0 Å². The Morgan fingerprint density at radius 2 is 1.97 bits per heavy atom. The van der Waals surface area contributed by atoms with E-state index in [0.29, 0.717) is 37.7 Å². The number of fused-ring (bicyclic) bond motifs is 1. The fourth-order valence-corrected chi connectivity index (χ4v) is 5.07. The maximum absolute atomic E-state index is 12.3. The van der Waals surface area contributed by atoms with Gasteiger partial charge in [0.25, 0.3) is 0 Å². The number of aromatic nitrogens is 1. The lowest BCUT2D eigenvalue weighted by Crippen LogP contribution is -2.21. The molecule has 36 heavy (non-hydrogen) atoms. The van der Waals surface area contributed by atoms with E-state index in [2.05, 4.69) is 16.0 Å². The van der Waals surface area contributed by atoms with Gasteiger partial charge in [0.15, 0.2) is 0 Å². The molecule has 3 aromatic rings. The zero-order valence-electron chi connectivity index (χ0n) is 20.6. The molecule has 3 N–H and O–H groups in total. The molecule has 0 radical (unpaired) electrons. The average Bonchev–Trinajstić information content (AvgIpc) is 3.50. The SMILES string of the molecule is C[C@@H](OC(=O)Nc1ccc(-c2c(N)c3ccc(OCC4COCO4)cc3n2C2CCC2)cc1)C1CC1. The molecule has 2 atom stereocenters. The van der Waals surface area contributed by atoms with Crippen LogP contribution in [0.2, 0.25) is 0 Å². The van der Waals surface area contributed by atoms with Gasteiger partial charge in [0.05, 0.1) is 23.5 Å². The van der Waals surface area contributed by atoms with Crippen LogP contribution in [0.5, 0.6) is 5.75 Å². The van der Waals surface area contributed by atoms with Crippen molar-refractivity contribution in [3.05, 3.63) is 42.5 Å². The van der Waals surface area contributed by atoms with Crippen LogP contribution in [0.4, 0.5) is 16.2 Å². The first-order chi connectivity index (χ1) is 17.6. The van der Waals surface area contributed by atoms with Crippen LogP contribution in [0.3, 0.4) is 0 Å². The summed E-state index contributed by atoms with van der Waals surface area (Å²) in [6, 6.07) is 14.3. The summed E-state index contributed by atoms with van der Waals surface area (Å²) in [5, 5.41) is 3.86. The fourth-order valence-electron chi connectivity index (χ4n) is 5.07. The third kappa shape index (κ3) is 4.63.